The number of ether oxygens (including phenoxy) is 3. The van der Waals surface area contributed by atoms with Crippen molar-refractivity contribution in [1.29, 1.82) is 0 Å². The molecule has 9 heteroatoms. The third-order valence-electron chi connectivity index (χ3n) is 4.60. The second-order valence-corrected chi connectivity index (χ2v) is 8.90. The van der Waals surface area contributed by atoms with Gasteiger partial charge in [0.2, 0.25) is 0 Å². The summed E-state index contributed by atoms with van der Waals surface area (Å²) in [5, 5.41) is 0. The number of carbonyl (C=O) groups excluding carboxylic acids is 2. The van der Waals surface area contributed by atoms with Gasteiger partial charge >= 0.3 is 5.97 Å². The SMILES string of the molecule is CCCN(C(=O)COC(=O)/C=C/c1cccc(OC)c1OC)[C@H]1CCS(=O)(=O)C1. The summed E-state index contributed by atoms with van der Waals surface area (Å²) in [6, 6.07) is 4.88. The predicted octanol–water partition coefficient (Wildman–Crippen LogP) is 1.69. The van der Waals surface area contributed by atoms with E-state index in [2.05, 4.69) is 0 Å². The highest BCUT2D eigenvalue weighted by Gasteiger charge is 2.34. The molecule has 0 aliphatic carbocycles. The zero-order chi connectivity index (χ0) is 21.4. The second-order valence-electron chi connectivity index (χ2n) is 6.67. The number of para-hydroxylation sites is 1. The number of amides is 1. The average Bonchev–Trinajstić information content (AvgIpc) is 3.07. The van der Waals surface area contributed by atoms with Crippen molar-refractivity contribution >= 4 is 27.8 Å². The monoisotopic (exact) mass is 425 g/mol. The molecule has 0 spiro atoms. The van der Waals surface area contributed by atoms with Crippen LogP contribution in [0.3, 0.4) is 0 Å². The fraction of sp³-hybridized carbons (Fsp3) is 0.500. The molecule has 1 saturated heterocycles. The van der Waals surface area contributed by atoms with Gasteiger partial charge in [-0.3, -0.25) is 4.79 Å². The number of hydrogen-bond acceptors (Lipinski definition) is 7. The van der Waals surface area contributed by atoms with E-state index in [0.717, 1.165) is 0 Å². The Balaban J connectivity index is 1.97. The Kier molecular flexibility index (Phi) is 8.07. The summed E-state index contributed by atoms with van der Waals surface area (Å²) >= 11 is 0. The molecule has 1 aliphatic heterocycles. The predicted molar refractivity (Wildman–Crippen MR) is 109 cm³/mol. The second kappa shape index (κ2) is 10.3. The van der Waals surface area contributed by atoms with Crippen molar-refractivity contribution in [3.05, 3.63) is 29.8 Å². The van der Waals surface area contributed by atoms with E-state index in [4.69, 9.17) is 14.2 Å². The van der Waals surface area contributed by atoms with Gasteiger partial charge in [0.05, 0.1) is 25.7 Å². The van der Waals surface area contributed by atoms with Crippen molar-refractivity contribution in [2.75, 3.05) is 38.9 Å². The molecule has 2 rings (SSSR count). The lowest BCUT2D eigenvalue weighted by Crippen LogP contribution is -2.43. The summed E-state index contributed by atoms with van der Waals surface area (Å²) in [5.74, 6) is -0.0295. The number of esters is 1. The third kappa shape index (κ3) is 6.22. The molecule has 1 aromatic carbocycles. The lowest BCUT2D eigenvalue weighted by molar-refractivity contribution is -0.149. The van der Waals surface area contributed by atoms with Crippen molar-refractivity contribution < 1.29 is 32.2 Å². The molecular weight excluding hydrogens is 398 g/mol. The summed E-state index contributed by atoms with van der Waals surface area (Å²) < 4.78 is 39.0. The molecule has 1 fully saturated rings. The minimum absolute atomic E-state index is 0.0395. The van der Waals surface area contributed by atoms with Crippen molar-refractivity contribution in [2.24, 2.45) is 0 Å². The first-order chi connectivity index (χ1) is 13.8. The van der Waals surface area contributed by atoms with Gasteiger partial charge in [-0.05, 0) is 25.0 Å². The Labute approximate surface area is 171 Å². The number of carbonyl (C=O) groups is 2. The summed E-state index contributed by atoms with van der Waals surface area (Å²) in [5.41, 5.74) is 0.624. The normalized spacial score (nSPS) is 17.8. The van der Waals surface area contributed by atoms with Gasteiger partial charge in [0.1, 0.15) is 0 Å². The van der Waals surface area contributed by atoms with E-state index in [1.54, 1.807) is 18.2 Å². The van der Waals surface area contributed by atoms with Crippen molar-refractivity contribution in [3.63, 3.8) is 0 Å². The molecule has 0 bridgehead atoms. The van der Waals surface area contributed by atoms with Crippen molar-refractivity contribution in [2.45, 2.75) is 25.8 Å². The summed E-state index contributed by atoms with van der Waals surface area (Å²) in [4.78, 5) is 26.0. The standard InChI is InChI=1S/C20H27NO7S/c1-4-11-21(16-10-12-29(24,25)14-16)18(22)13-28-19(23)9-8-15-6-5-7-17(26-2)20(15)27-3/h5-9,16H,4,10-14H2,1-3H3/b9-8+/t16-/m0/s1. The first-order valence-corrected chi connectivity index (χ1v) is 11.2. The van der Waals surface area contributed by atoms with Gasteiger partial charge in [0, 0.05) is 24.2 Å². The maximum Gasteiger partial charge on any atom is 0.331 e. The van der Waals surface area contributed by atoms with Gasteiger partial charge in [-0.25, -0.2) is 13.2 Å². The lowest BCUT2D eigenvalue weighted by atomic mass is 10.1. The number of nitrogens with zero attached hydrogens (tertiary/aromatic N) is 1. The van der Waals surface area contributed by atoms with Gasteiger partial charge in [-0.15, -0.1) is 0 Å². The van der Waals surface area contributed by atoms with Gasteiger partial charge in [-0.1, -0.05) is 19.1 Å². The summed E-state index contributed by atoms with van der Waals surface area (Å²) in [6.45, 7) is 1.89. The van der Waals surface area contributed by atoms with E-state index in [9.17, 15) is 18.0 Å². The quantitative estimate of drug-likeness (QED) is 0.438. The highest BCUT2D eigenvalue weighted by atomic mass is 32.2. The van der Waals surface area contributed by atoms with Gasteiger partial charge in [0.25, 0.3) is 5.91 Å². The fourth-order valence-corrected chi connectivity index (χ4v) is 4.97. The molecule has 1 aromatic rings. The van der Waals surface area contributed by atoms with Crippen LogP contribution in [-0.4, -0.2) is 70.1 Å². The van der Waals surface area contributed by atoms with Crippen molar-refractivity contribution in [1.82, 2.24) is 4.90 Å². The van der Waals surface area contributed by atoms with Gasteiger partial charge < -0.3 is 19.1 Å². The number of benzene rings is 1. The Morgan fingerprint density at radius 3 is 2.59 bits per heavy atom. The third-order valence-corrected chi connectivity index (χ3v) is 6.35. The van der Waals surface area contributed by atoms with E-state index < -0.39 is 28.3 Å². The molecule has 1 aliphatic rings. The van der Waals surface area contributed by atoms with Crippen LogP contribution in [0.2, 0.25) is 0 Å². The van der Waals surface area contributed by atoms with E-state index in [1.807, 2.05) is 6.92 Å². The molecule has 29 heavy (non-hydrogen) atoms. The Morgan fingerprint density at radius 2 is 2.00 bits per heavy atom. The highest BCUT2D eigenvalue weighted by molar-refractivity contribution is 7.91. The lowest BCUT2D eigenvalue weighted by Gasteiger charge is -2.27. The average molecular weight is 426 g/mol. The van der Waals surface area contributed by atoms with Gasteiger partial charge in [0.15, 0.2) is 27.9 Å². The van der Waals surface area contributed by atoms with Crippen LogP contribution in [0.5, 0.6) is 11.5 Å². The van der Waals surface area contributed by atoms with E-state index in [0.29, 0.717) is 36.4 Å². The number of rotatable bonds is 9. The van der Waals surface area contributed by atoms with Crippen molar-refractivity contribution in [3.8, 4) is 11.5 Å². The zero-order valence-corrected chi connectivity index (χ0v) is 17.7. The smallest absolute Gasteiger partial charge is 0.331 e. The first-order valence-electron chi connectivity index (χ1n) is 9.37. The fourth-order valence-electron chi connectivity index (χ4n) is 3.24. The summed E-state index contributed by atoms with van der Waals surface area (Å²) in [6.07, 6.45) is 3.82. The molecule has 0 aromatic heterocycles. The Hall–Kier alpha value is -2.55. The van der Waals surface area contributed by atoms with Gasteiger partial charge in [-0.2, -0.15) is 0 Å². The van der Waals surface area contributed by atoms with Crippen LogP contribution < -0.4 is 9.47 Å². The molecule has 1 heterocycles. The number of sulfone groups is 1. The van der Waals surface area contributed by atoms with Crippen LogP contribution in [-0.2, 0) is 24.2 Å². The van der Waals surface area contributed by atoms with Crippen LogP contribution in [0.15, 0.2) is 24.3 Å². The van der Waals surface area contributed by atoms with E-state index in [1.165, 1.54) is 31.3 Å². The molecule has 0 N–H and O–H groups in total. The first kappa shape index (κ1) is 22.7. The molecule has 8 nitrogen and oxygen atoms in total. The van der Waals surface area contributed by atoms with E-state index >= 15 is 0 Å². The molecular formula is C20H27NO7S. The molecule has 1 atom stereocenters. The topological polar surface area (TPSA) is 99.2 Å². The number of methoxy groups -OCH3 is 2. The minimum atomic E-state index is -3.11. The van der Waals surface area contributed by atoms with E-state index in [-0.39, 0.29) is 17.5 Å². The Morgan fingerprint density at radius 1 is 1.24 bits per heavy atom. The maximum absolute atomic E-state index is 12.5. The molecule has 1 amide bonds. The molecule has 0 unspecified atom stereocenters. The Bertz CT molecular complexity index is 864. The molecule has 160 valence electrons. The number of hydrogen-bond donors (Lipinski definition) is 0. The van der Waals surface area contributed by atoms with Crippen LogP contribution >= 0.6 is 0 Å². The van der Waals surface area contributed by atoms with Crippen LogP contribution in [0, 0.1) is 0 Å². The van der Waals surface area contributed by atoms with Crippen LogP contribution in [0.1, 0.15) is 25.3 Å². The highest BCUT2D eigenvalue weighted by Crippen LogP contribution is 2.31. The maximum atomic E-state index is 12.5. The molecule has 0 saturated carbocycles. The largest absolute Gasteiger partial charge is 0.493 e. The minimum Gasteiger partial charge on any atom is -0.493 e. The van der Waals surface area contributed by atoms with Crippen LogP contribution in [0.4, 0.5) is 0 Å². The van der Waals surface area contributed by atoms with Crippen LogP contribution in [0.25, 0.3) is 6.08 Å². The molecule has 0 radical (unpaired) electrons. The summed E-state index contributed by atoms with van der Waals surface area (Å²) in [7, 11) is -0.0957. The zero-order valence-electron chi connectivity index (χ0n) is 16.9.